The van der Waals surface area contributed by atoms with Gasteiger partial charge in [-0.3, -0.25) is 14.4 Å². The molecule has 0 radical (unpaired) electrons. The second-order valence-electron chi connectivity index (χ2n) is 10.2. The minimum absolute atomic E-state index is 0.113. The van der Waals surface area contributed by atoms with Gasteiger partial charge in [-0.05, 0) is 55.7 Å². The second kappa shape index (κ2) is 12.4. The molecule has 11 heteroatoms. The Kier molecular flexibility index (Phi) is 8.53. The molecule has 216 valence electrons. The van der Waals surface area contributed by atoms with Crippen LogP contribution >= 0.6 is 0 Å². The molecule has 3 aromatic rings. The number of benzene rings is 2. The number of fused-ring (bicyclic) bond motifs is 5. The summed E-state index contributed by atoms with van der Waals surface area (Å²) in [6, 6.07) is 13.7. The van der Waals surface area contributed by atoms with E-state index in [2.05, 4.69) is 10.5 Å². The third-order valence-electron chi connectivity index (χ3n) is 7.16. The smallest absolute Gasteiger partial charge is 0.276 e. The molecular formula is C30H34N4O7. The summed E-state index contributed by atoms with van der Waals surface area (Å²) >= 11 is 0. The Morgan fingerprint density at radius 2 is 2.02 bits per heavy atom. The lowest BCUT2D eigenvalue weighted by Gasteiger charge is -2.38. The number of amides is 3. The quantitative estimate of drug-likeness (QED) is 0.512. The van der Waals surface area contributed by atoms with Gasteiger partial charge < -0.3 is 33.9 Å². The summed E-state index contributed by atoms with van der Waals surface area (Å²) in [5.74, 6) is 1.12. The average molecular weight is 563 g/mol. The van der Waals surface area contributed by atoms with Crippen LogP contribution in [0.3, 0.4) is 0 Å². The van der Waals surface area contributed by atoms with E-state index in [1.54, 1.807) is 36.1 Å². The molecular weight excluding hydrogens is 528 g/mol. The third-order valence-corrected chi connectivity index (χ3v) is 7.16. The molecule has 3 amide bonds. The summed E-state index contributed by atoms with van der Waals surface area (Å²) < 4.78 is 23.0. The molecule has 5 rings (SSSR count). The van der Waals surface area contributed by atoms with Gasteiger partial charge in [-0.25, -0.2) is 0 Å². The fraction of sp³-hybridized carbons (Fsp3) is 0.400. The van der Waals surface area contributed by atoms with Crippen LogP contribution in [0.15, 0.2) is 53.1 Å². The first-order valence-electron chi connectivity index (χ1n) is 13.7. The Labute approximate surface area is 238 Å². The van der Waals surface area contributed by atoms with E-state index in [0.29, 0.717) is 54.5 Å². The number of aromatic nitrogens is 1. The van der Waals surface area contributed by atoms with E-state index in [1.807, 2.05) is 31.2 Å². The van der Waals surface area contributed by atoms with Gasteiger partial charge in [0, 0.05) is 31.3 Å². The van der Waals surface area contributed by atoms with Crippen LogP contribution in [0.5, 0.6) is 17.2 Å². The van der Waals surface area contributed by atoms with Gasteiger partial charge in [0.2, 0.25) is 5.91 Å². The molecule has 1 N–H and O–H groups in total. The lowest BCUT2D eigenvalue weighted by molar-refractivity contribution is -0.124. The molecule has 1 fully saturated rings. The number of rotatable bonds is 4. The van der Waals surface area contributed by atoms with E-state index in [9.17, 15) is 14.4 Å². The maximum Gasteiger partial charge on any atom is 0.276 e. The third kappa shape index (κ3) is 6.51. The molecule has 0 saturated carbocycles. The van der Waals surface area contributed by atoms with Crippen LogP contribution in [0.1, 0.15) is 51.9 Å². The van der Waals surface area contributed by atoms with Gasteiger partial charge in [0.05, 0.1) is 32.4 Å². The SMILES string of the molecule is CCCN1CC(=O)N[C@H]2CCN(C(=O)c3cc(C)on3)C[C@@H]2OCc2cccc(c2)Oc2cc(ccc2OC)C1=O. The van der Waals surface area contributed by atoms with Gasteiger partial charge in [0.1, 0.15) is 11.5 Å². The summed E-state index contributed by atoms with van der Waals surface area (Å²) in [6.45, 7) is 4.87. The maximum atomic E-state index is 13.5. The number of methoxy groups -OCH3 is 1. The van der Waals surface area contributed by atoms with E-state index in [1.165, 1.54) is 12.0 Å². The monoisotopic (exact) mass is 562 g/mol. The summed E-state index contributed by atoms with van der Waals surface area (Å²) in [5, 5.41) is 6.93. The van der Waals surface area contributed by atoms with Crippen LogP contribution in [-0.2, 0) is 16.1 Å². The molecule has 2 aliphatic rings. The highest BCUT2D eigenvalue weighted by atomic mass is 16.5. The van der Waals surface area contributed by atoms with Crippen LogP contribution in [-0.4, -0.2) is 78.1 Å². The number of piperidine rings is 1. The van der Waals surface area contributed by atoms with Crippen molar-refractivity contribution in [2.24, 2.45) is 0 Å². The number of carbonyl (C=O) groups excluding carboxylic acids is 3. The van der Waals surface area contributed by atoms with Gasteiger partial charge in [0.15, 0.2) is 17.2 Å². The van der Waals surface area contributed by atoms with Gasteiger partial charge >= 0.3 is 0 Å². The van der Waals surface area contributed by atoms with Crippen molar-refractivity contribution in [3.8, 4) is 17.2 Å². The molecule has 4 bridgehead atoms. The Morgan fingerprint density at radius 1 is 1.17 bits per heavy atom. The first-order valence-corrected chi connectivity index (χ1v) is 13.7. The van der Waals surface area contributed by atoms with Crippen LogP contribution in [0.2, 0.25) is 0 Å². The second-order valence-corrected chi connectivity index (χ2v) is 10.2. The van der Waals surface area contributed by atoms with E-state index >= 15 is 0 Å². The molecule has 2 atom stereocenters. The molecule has 1 saturated heterocycles. The molecule has 2 aliphatic heterocycles. The van der Waals surface area contributed by atoms with E-state index in [4.69, 9.17) is 18.7 Å². The van der Waals surface area contributed by atoms with E-state index in [-0.39, 0.29) is 49.2 Å². The summed E-state index contributed by atoms with van der Waals surface area (Å²) in [4.78, 5) is 43.1. The van der Waals surface area contributed by atoms with Crippen molar-refractivity contribution in [2.75, 3.05) is 33.3 Å². The van der Waals surface area contributed by atoms with Gasteiger partial charge in [-0.1, -0.05) is 24.2 Å². The summed E-state index contributed by atoms with van der Waals surface area (Å²) in [7, 11) is 1.53. The topological polar surface area (TPSA) is 123 Å². The van der Waals surface area contributed by atoms with Crippen LogP contribution < -0.4 is 14.8 Å². The zero-order valence-electron chi connectivity index (χ0n) is 23.4. The number of hydrogen-bond acceptors (Lipinski definition) is 8. The number of nitrogens with zero attached hydrogens (tertiary/aromatic N) is 3. The fourth-order valence-electron chi connectivity index (χ4n) is 5.11. The maximum absolute atomic E-state index is 13.5. The highest BCUT2D eigenvalue weighted by Gasteiger charge is 2.35. The van der Waals surface area contributed by atoms with Gasteiger partial charge in [0.25, 0.3) is 11.8 Å². The van der Waals surface area contributed by atoms with Crippen molar-refractivity contribution in [3.63, 3.8) is 0 Å². The van der Waals surface area contributed by atoms with Crippen molar-refractivity contribution in [3.05, 3.63) is 71.1 Å². The number of carbonyl (C=O) groups is 3. The summed E-state index contributed by atoms with van der Waals surface area (Å²) in [5.41, 5.74) is 1.47. The number of likely N-dealkylation sites (tertiary alicyclic amines) is 1. The van der Waals surface area contributed by atoms with Gasteiger partial charge in [-0.15, -0.1) is 0 Å². The van der Waals surface area contributed by atoms with Crippen LogP contribution in [0, 0.1) is 6.92 Å². The minimum Gasteiger partial charge on any atom is -0.493 e. The summed E-state index contributed by atoms with van der Waals surface area (Å²) in [6.07, 6.45) is 0.662. The molecule has 3 heterocycles. The zero-order chi connectivity index (χ0) is 28.9. The van der Waals surface area contributed by atoms with Crippen molar-refractivity contribution in [1.82, 2.24) is 20.3 Å². The molecule has 0 aliphatic carbocycles. The Bertz CT molecular complexity index is 1420. The number of nitrogens with one attached hydrogen (secondary N) is 1. The lowest BCUT2D eigenvalue weighted by Crippen LogP contribution is -2.57. The predicted octanol–water partition coefficient (Wildman–Crippen LogP) is 3.57. The first kappa shape index (κ1) is 28.2. The Hall–Kier alpha value is -4.38. The van der Waals surface area contributed by atoms with Crippen molar-refractivity contribution in [2.45, 2.75) is 45.4 Å². The normalized spacial score (nSPS) is 19.7. The molecule has 0 unspecified atom stereocenters. The molecule has 1 aromatic heterocycles. The van der Waals surface area contributed by atoms with E-state index < -0.39 is 6.10 Å². The molecule has 11 nitrogen and oxygen atoms in total. The van der Waals surface area contributed by atoms with Crippen molar-refractivity contribution in [1.29, 1.82) is 0 Å². The fourth-order valence-corrected chi connectivity index (χ4v) is 5.11. The number of aryl methyl sites for hydroxylation is 1. The van der Waals surface area contributed by atoms with Crippen molar-refractivity contribution < 1.29 is 33.1 Å². The highest BCUT2D eigenvalue weighted by molar-refractivity contribution is 5.97. The van der Waals surface area contributed by atoms with Gasteiger partial charge in [-0.2, -0.15) is 0 Å². The Balaban J connectivity index is 1.45. The highest BCUT2D eigenvalue weighted by Crippen LogP contribution is 2.33. The van der Waals surface area contributed by atoms with Crippen LogP contribution in [0.25, 0.3) is 0 Å². The standard InChI is InChI=1S/C30H34N4O7/c1-4-11-33-17-28(35)31-23-10-12-34(30(37)24-13-19(2)41-32-24)16-27(23)39-18-20-6-5-7-22(14-20)40-26-15-21(29(33)36)8-9-25(26)38-3/h5-9,13-15,23,27H,4,10-12,16-18H2,1-3H3,(H,31,35)/t23-,27-/m0/s1. The molecule has 2 aromatic carbocycles. The Morgan fingerprint density at radius 3 is 2.78 bits per heavy atom. The average Bonchev–Trinajstić information content (AvgIpc) is 3.41. The number of hydrogen-bond donors (Lipinski definition) is 1. The first-order chi connectivity index (χ1) is 19.8. The molecule has 41 heavy (non-hydrogen) atoms. The van der Waals surface area contributed by atoms with Crippen molar-refractivity contribution >= 4 is 17.7 Å². The number of ether oxygens (including phenoxy) is 3. The predicted molar refractivity (Wildman–Crippen MR) is 148 cm³/mol. The minimum atomic E-state index is -0.495. The van der Waals surface area contributed by atoms with Crippen LogP contribution in [0.4, 0.5) is 0 Å². The van der Waals surface area contributed by atoms with E-state index in [0.717, 1.165) is 5.56 Å². The lowest BCUT2D eigenvalue weighted by atomic mass is 10.0. The largest absolute Gasteiger partial charge is 0.493 e. The zero-order valence-corrected chi connectivity index (χ0v) is 23.4. The molecule has 0 spiro atoms.